The summed E-state index contributed by atoms with van der Waals surface area (Å²) in [5.41, 5.74) is 0.528. The van der Waals surface area contributed by atoms with Crippen molar-refractivity contribution in [1.82, 2.24) is 5.32 Å². The SMILES string of the molecule is Fc1ccccc1-c1ccc(CNC2CCCCCCC2)o1. The van der Waals surface area contributed by atoms with Crippen molar-refractivity contribution in [3.05, 3.63) is 48.0 Å². The molecule has 1 saturated carbocycles. The van der Waals surface area contributed by atoms with E-state index in [-0.39, 0.29) is 5.82 Å². The van der Waals surface area contributed by atoms with E-state index in [0.29, 0.717) is 17.4 Å². The quantitative estimate of drug-likeness (QED) is 0.830. The lowest BCUT2D eigenvalue weighted by atomic mass is 9.97. The van der Waals surface area contributed by atoms with Crippen molar-refractivity contribution in [3.63, 3.8) is 0 Å². The summed E-state index contributed by atoms with van der Waals surface area (Å²) >= 11 is 0. The van der Waals surface area contributed by atoms with Crippen LogP contribution in [-0.2, 0) is 6.54 Å². The third-order valence-electron chi connectivity index (χ3n) is 4.47. The van der Waals surface area contributed by atoms with Gasteiger partial charge in [-0.3, -0.25) is 0 Å². The first-order chi connectivity index (χ1) is 10.8. The summed E-state index contributed by atoms with van der Waals surface area (Å²) in [5.74, 6) is 1.24. The summed E-state index contributed by atoms with van der Waals surface area (Å²) in [6, 6.07) is 11.1. The van der Waals surface area contributed by atoms with E-state index in [9.17, 15) is 4.39 Å². The first-order valence-corrected chi connectivity index (χ1v) is 8.40. The average Bonchev–Trinajstić information content (AvgIpc) is 2.95. The van der Waals surface area contributed by atoms with Gasteiger partial charge in [0.1, 0.15) is 17.3 Å². The van der Waals surface area contributed by atoms with E-state index in [1.165, 1.54) is 51.0 Å². The van der Waals surface area contributed by atoms with Crippen LogP contribution in [0.15, 0.2) is 40.8 Å². The van der Waals surface area contributed by atoms with Crippen LogP contribution in [-0.4, -0.2) is 6.04 Å². The molecule has 3 heteroatoms. The molecule has 2 nitrogen and oxygen atoms in total. The molecule has 1 aromatic heterocycles. The van der Waals surface area contributed by atoms with Crippen LogP contribution in [0, 0.1) is 5.82 Å². The van der Waals surface area contributed by atoms with Gasteiger partial charge in [0.2, 0.25) is 0 Å². The lowest BCUT2D eigenvalue weighted by molar-refractivity contribution is 0.372. The molecule has 0 radical (unpaired) electrons. The Hall–Kier alpha value is -1.61. The maximum absolute atomic E-state index is 13.8. The molecule has 0 unspecified atom stereocenters. The van der Waals surface area contributed by atoms with E-state index in [4.69, 9.17) is 4.42 Å². The second kappa shape index (κ2) is 7.59. The summed E-state index contributed by atoms with van der Waals surface area (Å²) in [4.78, 5) is 0. The number of hydrogen-bond donors (Lipinski definition) is 1. The minimum atomic E-state index is -0.239. The molecule has 1 fully saturated rings. The minimum Gasteiger partial charge on any atom is -0.460 e. The van der Waals surface area contributed by atoms with E-state index in [1.807, 2.05) is 18.2 Å². The Morgan fingerprint density at radius 3 is 2.45 bits per heavy atom. The Labute approximate surface area is 131 Å². The Morgan fingerprint density at radius 2 is 1.68 bits per heavy atom. The molecule has 2 aromatic rings. The maximum atomic E-state index is 13.8. The lowest BCUT2D eigenvalue weighted by Crippen LogP contribution is -2.29. The topological polar surface area (TPSA) is 25.2 Å². The number of hydrogen-bond acceptors (Lipinski definition) is 2. The highest BCUT2D eigenvalue weighted by Crippen LogP contribution is 2.25. The van der Waals surface area contributed by atoms with Crippen LogP contribution in [0.5, 0.6) is 0 Å². The number of nitrogens with one attached hydrogen (secondary N) is 1. The summed E-state index contributed by atoms with van der Waals surface area (Å²) in [6.07, 6.45) is 9.23. The maximum Gasteiger partial charge on any atom is 0.137 e. The molecule has 3 rings (SSSR count). The number of benzene rings is 1. The molecule has 118 valence electrons. The third kappa shape index (κ3) is 3.98. The zero-order valence-corrected chi connectivity index (χ0v) is 13.0. The van der Waals surface area contributed by atoms with Crippen LogP contribution < -0.4 is 5.32 Å². The molecule has 1 heterocycles. The van der Waals surface area contributed by atoms with Gasteiger partial charge < -0.3 is 9.73 Å². The Morgan fingerprint density at radius 1 is 0.955 bits per heavy atom. The van der Waals surface area contributed by atoms with E-state index in [2.05, 4.69) is 5.32 Å². The van der Waals surface area contributed by atoms with Crippen molar-refractivity contribution in [3.8, 4) is 11.3 Å². The highest BCUT2D eigenvalue weighted by Gasteiger charge is 2.13. The second-order valence-electron chi connectivity index (χ2n) is 6.17. The summed E-state index contributed by atoms with van der Waals surface area (Å²) < 4.78 is 19.6. The number of furan rings is 1. The monoisotopic (exact) mass is 301 g/mol. The van der Waals surface area contributed by atoms with Crippen molar-refractivity contribution >= 4 is 0 Å². The molecular weight excluding hydrogens is 277 g/mol. The highest BCUT2D eigenvalue weighted by atomic mass is 19.1. The van der Waals surface area contributed by atoms with E-state index >= 15 is 0 Å². The zero-order chi connectivity index (χ0) is 15.2. The lowest BCUT2D eigenvalue weighted by Gasteiger charge is -2.20. The van der Waals surface area contributed by atoms with Gasteiger partial charge >= 0.3 is 0 Å². The fourth-order valence-corrected chi connectivity index (χ4v) is 3.18. The van der Waals surface area contributed by atoms with Gasteiger partial charge in [0.15, 0.2) is 0 Å². The van der Waals surface area contributed by atoms with Gasteiger partial charge in [0, 0.05) is 6.04 Å². The van der Waals surface area contributed by atoms with Gasteiger partial charge in [0.25, 0.3) is 0 Å². The Bertz CT molecular complexity index is 585. The highest BCUT2D eigenvalue weighted by molar-refractivity contribution is 5.58. The van der Waals surface area contributed by atoms with Gasteiger partial charge in [-0.05, 0) is 37.1 Å². The molecule has 22 heavy (non-hydrogen) atoms. The summed E-state index contributed by atoms with van der Waals surface area (Å²) in [5, 5.41) is 3.60. The van der Waals surface area contributed by atoms with Crippen LogP contribution in [0.1, 0.15) is 50.7 Å². The normalized spacial score (nSPS) is 17.1. The Balaban J connectivity index is 1.58. The van der Waals surface area contributed by atoms with E-state index in [1.54, 1.807) is 12.1 Å². The molecule has 1 aliphatic rings. The Kier molecular flexibility index (Phi) is 5.28. The molecule has 1 aromatic carbocycles. The van der Waals surface area contributed by atoms with Crippen LogP contribution in [0.3, 0.4) is 0 Å². The van der Waals surface area contributed by atoms with Gasteiger partial charge in [0.05, 0.1) is 12.1 Å². The van der Waals surface area contributed by atoms with Gasteiger partial charge in [-0.25, -0.2) is 4.39 Å². The predicted octanol–water partition coefficient (Wildman–Crippen LogP) is 5.29. The minimum absolute atomic E-state index is 0.239. The summed E-state index contributed by atoms with van der Waals surface area (Å²) in [7, 11) is 0. The largest absolute Gasteiger partial charge is 0.460 e. The first kappa shape index (κ1) is 15.3. The third-order valence-corrected chi connectivity index (χ3v) is 4.47. The molecule has 0 bridgehead atoms. The van der Waals surface area contributed by atoms with Gasteiger partial charge in [-0.15, -0.1) is 0 Å². The van der Waals surface area contributed by atoms with Crippen molar-refractivity contribution in [2.75, 3.05) is 0 Å². The molecule has 0 spiro atoms. The molecule has 0 saturated heterocycles. The van der Waals surface area contributed by atoms with Crippen LogP contribution in [0.25, 0.3) is 11.3 Å². The molecule has 0 amide bonds. The fourth-order valence-electron chi connectivity index (χ4n) is 3.18. The van der Waals surface area contributed by atoms with Crippen molar-refractivity contribution in [2.24, 2.45) is 0 Å². The van der Waals surface area contributed by atoms with Gasteiger partial charge in [-0.1, -0.05) is 44.2 Å². The zero-order valence-electron chi connectivity index (χ0n) is 13.0. The predicted molar refractivity (Wildman–Crippen MR) is 87.0 cm³/mol. The molecule has 1 N–H and O–H groups in total. The second-order valence-corrected chi connectivity index (χ2v) is 6.17. The smallest absolute Gasteiger partial charge is 0.137 e. The molecular formula is C19H24FNO. The van der Waals surface area contributed by atoms with Crippen LogP contribution >= 0.6 is 0 Å². The average molecular weight is 301 g/mol. The van der Waals surface area contributed by atoms with E-state index < -0.39 is 0 Å². The van der Waals surface area contributed by atoms with Crippen LogP contribution in [0.2, 0.25) is 0 Å². The molecule has 1 aliphatic carbocycles. The molecule has 0 aliphatic heterocycles. The number of halogens is 1. The van der Waals surface area contributed by atoms with Gasteiger partial charge in [-0.2, -0.15) is 0 Å². The van der Waals surface area contributed by atoms with Crippen molar-refractivity contribution in [2.45, 2.75) is 57.5 Å². The van der Waals surface area contributed by atoms with E-state index in [0.717, 1.165) is 12.3 Å². The summed E-state index contributed by atoms with van der Waals surface area (Å²) in [6.45, 7) is 0.721. The standard InChI is InChI=1S/C19H24FNO/c20-18-11-7-6-10-17(18)19-13-12-16(22-19)14-21-15-8-4-2-1-3-5-9-15/h6-7,10-13,15,21H,1-5,8-9,14H2. The first-order valence-electron chi connectivity index (χ1n) is 8.40. The fraction of sp³-hybridized carbons (Fsp3) is 0.474. The van der Waals surface area contributed by atoms with Crippen molar-refractivity contribution < 1.29 is 8.81 Å². The molecule has 0 atom stereocenters. The van der Waals surface area contributed by atoms with Crippen LogP contribution in [0.4, 0.5) is 4.39 Å². The van der Waals surface area contributed by atoms with Crippen molar-refractivity contribution in [1.29, 1.82) is 0 Å². The number of rotatable bonds is 4.